The Morgan fingerprint density at radius 2 is 1.40 bits per heavy atom. The van der Waals surface area contributed by atoms with Crippen LogP contribution in [0.5, 0.6) is 5.75 Å². The fourth-order valence-electron chi connectivity index (χ4n) is 7.70. The maximum atomic E-state index is 12.5. The number of anilines is 1. The molecule has 2 aliphatic rings. The molecule has 24 heteroatoms. The molecular weight excluding hydrogens is 869 g/mol. The van der Waals surface area contributed by atoms with Crippen molar-refractivity contribution in [3.8, 4) is 5.75 Å². The Kier molecular flexibility index (Phi) is 12.0. The van der Waals surface area contributed by atoms with Crippen LogP contribution in [0.4, 0.5) is 11.4 Å². The van der Waals surface area contributed by atoms with E-state index < -0.39 is 88.5 Å². The summed E-state index contributed by atoms with van der Waals surface area (Å²) in [4.78, 5) is 11.1. The Bertz CT molecular complexity index is 2880. The molecule has 0 fully saturated rings. The van der Waals surface area contributed by atoms with E-state index in [2.05, 4.69) is 0 Å². The summed E-state index contributed by atoms with van der Waals surface area (Å²) in [7, 11) is -23.7. The third kappa shape index (κ3) is 9.51. The first-order valence-electron chi connectivity index (χ1n) is 17.0. The molecule has 316 valence electrons. The van der Waals surface area contributed by atoms with Crippen molar-refractivity contribution in [2.75, 3.05) is 35.2 Å². The van der Waals surface area contributed by atoms with E-state index in [4.69, 9.17) is 4.74 Å². The van der Waals surface area contributed by atoms with Crippen LogP contribution >= 0.6 is 0 Å². The van der Waals surface area contributed by atoms with Gasteiger partial charge in [0.15, 0.2) is 5.71 Å². The minimum absolute atomic E-state index is 0.0166. The zero-order chi connectivity index (χ0) is 43.4. The van der Waals surface area contributed by atoms with E-state index in [9.17, 15) is 69.6 Å². The van der Waals surface area contributed by atoms with Gasteiger partial charge in [-0.2, -0.15) is 46.7 Å². The Morgan fingerprint density at radius 1 is 0.759 bits per heavy atom. The molecule has 3 aromatic carbocycles. The first-order valence-corrected chi connectivity index (χ1v) is 24.7. The maximum Gasteiger partial charge on any atom is 0.298 e. The van der Waals surface area contributed by atoms with Crippen LogP contribution in [0.15, 0.2) is 76.2 Å². The number of hydrogen-bond acceptors (Lipinski definition) is 13. The van der Waals surface area contributed by atoms with Crippen LogP contribution in [0.25, 0.3) is 10.8 Å². The number of rotatable bonds is 16. The van der Waals surface area contributed by atoms with E-state index in [1.54, 1.807) is 23.3 Å². The quantitative estimate of drug-likeness (QED) is 0.0784. The van der Waals surface area contributed by atoms with E-state index >= 15 is 0 Å². The SMILES string of the molecule is CC1(C)C(/C=C/C=C2/N(CCCS(=O)(=O)O)c3ccc(OC=O)cc3C2(C)CS(=O)(=O)O)=[N+](CCCS(=O)(=O)O)c2ccc3c(S(=O)(=O)O)cc(S(=O)(=O)O)cc3c21. The summed E-state index contributed by atoms with van der Waals surface area (Å²) in [5.41, 5.74) is -1.00. The molecule has 0 radical (unpaired) electrons. The second kappa shape index (κ2) is 15.5. The zero-order valence-electron chi connectivity index (χ0n) is 30.9. The van der Waals surface area contributed by atoms with Crippen LogP contribution in [0.3, 0.4) is 0 Å². The highest BCUT2D eigenvalue weighted by atomic mass is 32.2. The average molecular weight is 908 g/mol. The molecular formula is C34H39N2O17S5+. The van der Waals surface area contributed by atoms with Gasteiger partial charge >= 0.3 is 0 Å². The molecule has 0 saturated carbocycles. The van der Waals surface area contributed by atoms with Crippen molar-refractivity contribution in [3.05, 3.63) is 77.5 Å². The van der Waals surface area contributed by atoms with Gasteiger partial charge in [-0.25, -0.2) is 0 Å². The minimum atomic E-state index is -5.07. The van der Waals surface area contributed by atoms with Gasteiger partial charge < -0.3 is 9.64 Å². The van der Waals surface area contributed by atoms with Gasteiger partial charge in [-0.05, 0) is 80.6 Å². The monoisotopic (exact) mass is 907 g/mol. The molecule has 0 spiro atoms. The Labute approximate surface area is 335 Å². The molecule has 19 nitrogen and oxygen atoms in total. The highest BCUT2D eigenvalue weighted by Gasteiger charge is 2.48. The number of carbonyl (C=O) groups excluding carboxylic acids is 1. The van der Waals surface area contributed by atoms with Gasteiger partial charge in [0.25, 0.3) is 57.1 Å². The molecule has 2 heterocycles. The van der Waals surface area contributed by atoms with Gasteiger partial charge in [-0.15, -0.1) is 0 Å². The summed E-state index contributed by atoms with van der Waals surface area (Å²) in [6.45, 7) is 4.76. The molecule has 0 aliphatic carbocycles. The Morgan fingerprint density at radius 3 is 1.97 bits per heavy atom. The zero-order valence-corrected chi connectivity index (χ0v) is 35.0. The summed E-state index contributed by atoms with van der Waals surface area (Å²) in [5, 5.41) is -0.132. The predicted octanol–water partition coefficient (Wildman–Crippen LogP) is 2.91. The largest absolute Gasteiger partial charge is 0.429 e. The summed E-state index contributed by atoms with van der Waals surface area (Å²) in [5.74, 6) is -2.22. The summed E-state index contributed by atoms with van der Waals surface area (Å²) in [6.07, 6.45) is 4.17. The molecule has 5 rings (SSSR count). The normalized spacial score (nSPS) is 19.3. The van der Waals surface area contributed by atoms with Crippen molar-refractivity contribution >= 4 is 84.9 Å². The third-order valence-corrected chi connectivity index (χ3v) is 14.2. The lowest BCUT2D eigenvalue weighted by Crippen LogP contribution is -2.35. The highest BCUT2D eigenvalue weighted by Crippen LogP contribution is 2.50. The van der Waals surface area contributed by atoms with Crippen LogP contribution < -0.4 is 9.64 Å². The standard InChI is InChI=1S/C34H38N2O17S5/c1-33(2)30(36(14-6-16-55(41,42)43)28-12-10-24-25(32(28)33)18-23(57(47,48)49)19-29(24)58(50,51)52)7-4-8-31-34(3,20-56(44,45)46)26-17-22(53-21-37)9-11-27(26)35(31)13-5-15-54(38,39)40/h4,7-12,17-19,21H,5-6,13-16,20H2,1-3H3,(H4-,38,39,40,41,42,43,44,45,46,47,48,49,50,51,52)/p+1. The number of hydrogen-bond donors (Lipinski definition) is 5. The van der Waals surface area contributed by atoms with Crippen molar-refractivity contribution in [3.63, 3.8) is 0 Å². The first kappa shape index (κ1) is 45.0. The molecule has 1 atom stereocenters. The van der Waals surface area contributed by atoms with E-state index in [1.165, 1.54) is 55.5 Å². The molecule has 3 aromatic rings. The number of ether oxygens (including phenoxy) is 1. The Balaban J connectivity index is 1.76. The second-order valence-corrected chi connectivity index (χ2v) is 21.8. The minimum Gasteiger partial charge on any atom is -0.429 e. The molecule has 2 aliphatic heterocycles. The predicted molar refractivity (Wildman–Crippen MR) is 210 cm³/mol. The number of carbonyl (C=O) groups is 1. The molecule has 58 heavy (non-hydrogen) atoms. The fraction of sp³-hybridized carbons (Fsp3) is 0.353. The molecule has 0 saturated heterocycles. The van der Waals surface area contributed by atoms with Crippen LogP contribution in [-0.4, -0.2) is 112 Å². The van der Waals surface area contributed by atoms with Gasteiger partial charge in [-0.1, -0.05) is 6.08 Å². The van der Waals surface area contributed by atoms with E-state index in [0.717, 1.165) is 6.07 Å². The highest BCUT2D eigenvalue weighted by molar-refractivity contribution is 7.87. The summed E-state index contributed by atoms with van der Waals surface area (Å²) >= 11 is 0. The lowest BCUT2D eigenvalue weighted by Gasteiger charge is -2.29. The molecule has 0 bridgehead atoms. The van der Waals surface area contributed by atoms with Crippen LogP contribution in [-0.2, 0) is 66.2 Å². The smallest absolute Gasteiger partial charge is 0.298 e. The average Bonchev–Trinajstić information content (AvgIpc) is 3.40. The number of nitrogens with zero attached hydrogens (tertiary/aromatic N) is 2. The lowest BCUT2D eigenvalue weighted by atomic mass is 9.79. The van der Waals surface area contributed by atoms with Gasteiger partial charge in [0, 0.05) is 47.4 Å². The number of fused-ring (bicyclic) bond motifs is 4. The Hall–Kier alpha value is -4.11. The van der Waals surface area contributed by atoms with Crippen molar-refractivity contribution in [1.82, 2.24) is 0 Å². The van der Waals surface area contributed by atoms with Gasteiger partial charge in [0.2, 0.25) is 5.69 Å². The number of allylic oxidation sites excluding steroid dienone is 4. The van der Waals surface area contributed by atoms with Crippen molar-refractivity contribution in [2.45, 2.75) is 54.2 Å². The topological polar surface area (TPSA) is 304 Å². The van der Waals surface area contributed by atoms with Crippen molar-refractivity contribution in [2.24, 2.45) is 0 Å². The van der Waals surface area contributed by atoms with Crippen LogP contribution in [0.2, 0.25) is 0 Å². The van der Waals surface area contributed by atoms with Gasteiger partial charge in [0.1, 0.15) is 17.2 Å². The van der Waals surface area contributed by atoms with Crippen molar-refractivity contribution in [1.29, 1.82) is 0 Å². The third-order valence-electron chi connectivity index (χ3n) is 9.91. The summed E-state index contributed by atoms with van der Waals surface area (Å²) in [6, 6.07) is 8.64. The van der Waals surface area contributed by atoms with E-state index in [1.807, 2.05) is 0 Å². The number of benzene rings is 3. The van der Waals surface area contributed by atoms with Gasteiger partial charge in [-0.3, -0.25) is 27.6 Å². The molecule has 5 N–H and O–H groups in total. The first-order chi connectivity index (χ1) is 26.5. The van der Waals surface area contributed by atoms with Crippen LogP contribution in [0, 0.1) is 0 Å². The van der Waals surface area contributed by atoms with E-state index in [0.29, 0.717) is 28.7 Å². The molecule has 0 amide bonds. The lowest BCUT2D eigenvalue weighted by molar-refractivity contribution is -0.437. The molecule has 1 unspecified atom stereocenters. The summed E-state index contributed by atoms with van der Waals surface area (Å²) < 4.78 is 177. The van der Waals surface area contributed by atoms with E-state index in [-0.39, 0.29) is 60.2 Å². The van der Waals surface area contributed by atoms with Crippen molar-refractivity contribution < 1.29 is 79.0 Å². The maximum absolute atomic E-state index is 12.5. The fourth-order valence-corrected chi connectivity index (χ4v) is 11.1. The molecule has 0 aromatic heterocycles. The van der Waals surface area contributed by atoms with Crippen LogP contribution in [0.1, 0.15) is 44.7 Å². The van der Waals surface area contributed by atoms with Gasteiger partial charge in [0.05, 0.1) is 33.0 Å². The second-order valence-electron chi connectivity index (χ2n) is 14.4.